The number of rotatable bonds is 4. The van der Waals surface area contributed by atoms with E-state index in [-0.39, 0.29) is 11.5 Å². The van der Waals surface area contributed by atoms with Crippen molar-refractivity contribution in [2.24, 2.45) is 0 Å². The van der Waals surface area contributed by atoms with Gasteiger partial charge < -0.3 is 5.32 Å². The number of halogens is 1. The van der Waals surface area contributed by atoms with Gasteiger partial charge in [-0.25, -0.2) is 9.50 Å². The van der Waals surface area contributed by atoms with Gasteiger partial charge in [0.2, 0.25) is 0 Å². The molecule has 1 N–H and O–H groups in total. The van der Waals surface area contributed by atoms with E-state index in [0.717, 1.165) is 0 Å². The van der Waals surface area contributed by atoms with Gasteiger partial charge in [0.25, 0.3) is 11.5 Å². The molecule has 8 heteroatoms. The Morgan fingerprint density at radius 1 is 1.09 bits per heavy atom. The number of amides is 1. The minimum atomic E-state index is -0.494. The van der Waals surface area contributed by atoms with Crippen molar-refractivity contribution < 1.29 is 4.79 Å². The molecule has 0 saturated heterocycles. The fourth-order valence-corrected chi connectivity index (χ4v) is 4.37. The van der Waals surface area contributed by atoms with Gasteiger partial charge in [0, 0.05) is 23.8 Å². The summed E-state index contributed by atoms with van der Waals surface area (Å²) in [6, 6.07) is 17.8. The number of nitrogens with zero attached hydrogens (tertiary/aromatic N) is 4. The second kappa shape index (κ2) is 8.18. The van der Waals surface area contributed by atoms with Gasteiger partial charge in [-0.05, 0) is 49.6 Å². The summed E-state index contributed by atoms with van der Waals surface area (Å²) in [5.41, 5.74) is 2.54. The number of hydrogen-bond donors (Lipinski definition) is 1. The van der Waals surface area contributed by atoms with Crippen LogP contribution in [0.4, 0.5) is 0 Å². The van der Waals surface area contributed by atoms with Crippen molar-refractivity contribution in [1.29, 1.82) is 0 Å². The predicted octanol–water partition coefficient (Wildman–Crippen LogP) is 4.49. The smallest absolute Gasteiger partial charge is 0.264 e. The maximum Gasteiger partial charge on any atom is 0.264 e. The summed E-state index contributed by atoms with van der Waals surface area (Å²) >= 11 is 6.38. The van der Waals surface area contributed by atoms with Crippen molar-refractivity contribution in [2.75, 3.05) is 0 Å². The molecule has 0 aliphatic heterocycles. The Morgan fingerprint density at radius 3 is 2.67 bits per heavy atom. The second-order valence-corrected chi connectivity index (χ2v) is 8.20. The Bertz CT molecular complexity index is 1570. The number of fused-ring (bicyclic) bond motifs is 2. The quantitative estimate of drug-likeness (QED) is 0.431. The zero-order valence-electron chi connectivity index (χ0n) is 18.0. The lowest BCUT2D eigenvalue weighted by Crippen LogP contribution is -2.32. The van der Waals surface area contributed by atoms with E-state index >= 15 is 0 Å². The van der Waals surface area contributed by atoms with Crippen molar-refractivity contribution in [2.45, 2.75) is 19.9 Å². The molecule has 3 heterocycles. The lowest BCUT2D eigenvalue weighted by Gasteiger charge is -2.21. The topological polar surface area (TPSA) is 81.3 Å². The number of hydrogen-bond acceptors (Lipinski definition) is 4. The van der Waals surface area contributed by atoms with Crippen LogP contribution in [0.25, 0.3) is 22.1 Å². The fraction of sp³-hybridized carbons (Fsp3) is 0.120. The van der Waals surface area contributed by atoms with Gasteiger partial charge in [0.1, 0.15) is 5.56 Å². The average Bonchev–Trinajstić information content (AvgIpc) is 3.15. The van der Waals surface area contributed by atoms with Gasteiger partial charge >= 0.3 is 0 Å². The minimum absolute atomic E-state index is 0.241. The largest absolute Gasteiger partial charge is 0.344 e. The molecule has 1 atom stereocenters. The molecule has 164 valence electrons. The molecule has 1 amide bonds. The van der Waals surface area contributed by atoms with Crippen LogP contribution in [-0.4, -0.2) is 25.1 Å². The molecule has 2 aromatic carbocycles. The van der Waals surface area contributed by atoms with E-state index < -0.39 is 6.04 Å². The highest BCUT2D eigenvalue weighted by Crippen LogP contribution is 2.26. The Morgan fingerprint density at radius 2 is 1.88 bits per heavy atom. The van der Waals surface area contributed by atoms with Crippen LogP contribution in [0.1, 0.15) is 34.7 Å². The average molecular weight is 458 g/mol. The number of carbonyl (C=O) groups is 1. The molecular formula is C25H20ClN5O2. The number of aromatic nitrogens is 4. The summed E-state index contributed by atoms with van der Waals surface area (Å²) in [4.78, 5) is 31.1. The molecule has 33 heavy (non-hydrogen) atoms. The van der Waals surface area contributed by atoms with Crippen molar-refractivity contribution >= 4 is 33.9 Å². The number of carbonyl (C=O) groups excluding carboxylic acids is 1. The van der Waals surface area contributed by atoms with Crippen LogP contribution in [0.5, 0.6) is 0 Å². The van der Waals surface area contributed by atoms with Crippen molar-refractivity contribution in [3.05, 3.63) is 105 Å². The monoisotopic (exact) mass is 457 g/mol. The molecule has 0 bridgehead atoms. The Balaban J connectivity index is 1.64. The molecule has 3 aromatic heterocycles. The molecule has 0 fully saturated rings. The van der Waals surface area contributed by atoms with Gasteiger partial charge in [-0.2, -0.15) is 5.10 Å². The molecule has 0 saturated carbocycles. The Labute approximate surface area is 194 Å². The number of pyridine rings is 1. The Kier molecular flexibility index (Phi) is 5.18. The van der Waals surface area contributed by atoms with Crippen LogP contribution in [0, 0.1) is 6.92 Å². The molecule has 1 unspecified atom stereocenters. The minimum Gasteiger partial charge on any atom is -0.344 e. The summed E-state index contributed by atoms with van der Waals surface area (Å²) in [6.45, 7) is 3.61. The maximum atomic E-state index is 13.6. The number of aryl methyl sites for hydroxylation is 1. The normalized spacial score (nSPS) is 12.2. The first kappa shape index (κ1) is 20.9. The first-order valence-corrected chi connectivity index (χ1v) is 10.8. The summed E-state index contributed by atoms with van der Waals surface area (Å²) < 4.78 is 3.17. The standard InChI is InChI=1S/C25H20ClN5O2/c1-15(28-24(32)21-16(2)29-30-13-7-12-27-23(21)30)20-14-17-8-6-11-19(26)22(17)25(33)31(20)18-9-4-3-5-10-18/h3-15H,1-2H3,(H,28,32). The number of para-hydroxylation sites is 1. The molecule has 0 aliphatic rings. The van der Waals surface area contributed by atoms with Crippen LogP contribution in [0.15, 0.2) is 77.9 Å². The first-order valence-electron chi connectivity index (χ1n) is 10.5. The Hall–Kier alpha value is -3.97. The molecule has 0 radical (unpaired) electrons. The zero-order chi connectivity index (χ0) is 23.1. The maximum absolute atomic E-state index is 13.6. The van der Waals surface area contributed by atoms with E-state index in [9.17, 15) is 9.59 Å². The third-order valence-corrected chi connectivity index (χ3v) is 5.94. The summed E-state index contributed by atoms with van der Waals surface area (Å²) in [6.07, 6.45) is 3.37. The van der Waals surface area contributed by atoms with Crippen LogP contribution in [0.2, 0.25) is 5.02 Å². The van der Waals surface area contributed by atoms with Gasteiger partial charge in [-0.15, -0.1) is 0 Å². The van der Waals surface area contributed by atoms with Gasteiger partial charge in [0.15, 0.2) is 5.65 Å². The third kappa shape index (κ3) is 3.56. The fourth-order valence-electron chi connectivity index (χ4n) is 4.11. The third-order valence-electron chi connectivity index (χ3n) is 5.63. The van der Waals surface area contributed by atoms with E-state index in [1.165, 1.54) is 0 Å². The molecule has 5 aromatic rings. The molecule has 0 spiro atoms. The highest BCUT2D eigenvalue weighted by atomic mass is 35.5. The SMILES string of the molecule is Cc1nn2cccnc2c1C(=O)NC(C)c1cc2cccc(Cl)c2c(=O)n1-c1ccccc1. The van der Waals surface area contributed by atoms with Crippen molar-refractivity contribution in [1.82, 2.24) is 24.5 Å². The molecule has 5 rings (SSSR count). The van der Waals surface area contributed by atoms with E-state index in [1.807, 2.05) is 49.4 Å². The van der Waals surface area contributed by atoms with Crippen molar-refractivity contribution in [3.63, 3.8) is 0 Å². The second-order valence-electron chi connectivity index (χ2n) is 7.79. The first-order chi connectivity index (χ1) is 16.0. The van der Waals surface area contributed by atoms with Crippen LogP contribution in [-0.2, 0) is 0 Å². The number of nitrogens with one attached hydrogen (secondary N) is 1. The van der Waals surface area contributed by atoms with Crippen LogP contribution in [0.3, 0.4) is 0 Å². The highest BCUT2D eigenvalue weighted by molar-refractivity contribution is 6.35. The predicted molar refractivity (Wildman–Crippen MR) is 128 cm³/mol. The van der Waals surface area contributed by atoms with E-state index in [4.69, 9.17) is 11.6 Å². The molecular weight excluding hydrogens is 438 g/mol. The summed E-state index contributed by atoms with van der Waals surface area (Å²) in [5.74, 6) is -0.313. The van der Waals surface area contributed by atoms with E-state index in [0.29, 0.717) is 44.1 Å². The molecule has 7 nitrogen and oxygen atoms in total. The number of benzene rings is 2. The van der Waals surface area contributed by atoms with E-state index in [2.05, 4.69) is 15.4 Å². The zero-order valence-corrected chi connectivity index (χ0v) is 18.7. The van der Waals surface area contributed by atoms with Crippen LogP contribution < -0.4 is 10.9 Å². The van der Waals surface area contributed by atoms with Crippen LogP contribution >= 0.6 is 11.6 Å². The summed E-state index contributed by atoms with van der Waals surface area (Å²) in [5, 5.41) is 8.93. The molecule has 0 aliphatic carbocycles. The van der Waals surface area contributed by atoms with Crippen molar-refractivity contribution in [3.8, 4) is 5.69 Å². The summed E-state index contributed by atoms with van der Waals surface area (Å²) in [7, 11) is 0. The lowest BCUT2D eigenvalue weighted by atomic mass is 10.1. The van der Waals surface area contributed by atoms with Gasteiger partial charge in [-0.3, -0.25) is 14.2 Å². The lowest BCUT2D eigenvalue weighted by molar-refractivity contribution is 0.0939. The van der Waals surface area contributed by atoms with E-state index in [1.54, 1.807) is 46.6 Å². The van der Waals surface area contributed by atoms with Gasteiger partial charge in [0.05, 0.1) is 22.1 Å². The highest BCUT2D eigenvalue weighted by Gasteiger charge is 2.23. The van der Waals surface area contributed by atoms with Gasteiger partial charge in [-0.1, -0.05) is 41.9 Å².